The fourth-order valence-electron chi connectivity index (χ4n) is 3.99. The highest BCUT2D eigenvalue weighted by Crippen LogP contribution is 2.41. The maximum atomic E-state index is 13.4. The van der Waals surface area contributed by atoms with Crippen LogP contribution in [0.3, 0.4) is 0 Å². The first-order valence-corrected chi connectivity index (χ1v) is 10.7. The number of sulfone groups is 1. The first kappa shape index (κ1) is 17.9. The van der Waals surface area contributed by atoms with E-state index >= 15 is 0 Å². The Balaban J connectivity index is 1.84. The Labute approximate surface area is 159 Å². The predicted molar refractivity (Wildman–Crippen MR) is 105 cm³/mol. The second-order valence-corrected chi connectivity index (χ2v) is 9.33. The highest BCUT2D eigenvalue weighted by Gasteiger charge is 2.55. The molecule has 2 amide bonds. The third-order valence-electron chi connectivity index (χ3n) is 5.48. The van der Waals surface area contributed by atoms with E-state index < -0.39 is 21.9 Å². The van der Waals surface area contributed by atoms with Crippen LogP contribution < -0.4 is 14.5 Å². The summed E-state index contributed by atoms with van der Waals surface area (Å²) in [5.74, 6) is 0.487. The van der Waals surface area contributed by atoms with Crippen molar-refractivity contribution in [2.24, 2.45) is 0 Å². The van der Waals surface area contributed by atoms with Gasteiger partial charge in [-0.05, 0) is 49.2 Å². The number of rotatable bonds is 3. The van der Waals surface area contributed by atoms with Crippen molar-refractivity contribution in [2.75, 3.05) is 28.4 Å². The number of aryl methyl sites for hydroxylation is 2. The number of ether oxygens (including phenoxy) is 1. The topological polar surface area (TPSA) is 66.9 Å². The molecule has 0 saturated carbocycles. The standard InChI is InChI=1S/C20H22N2O4S/c1-13-8-9-15(10-14(13)2)21-17-11-27(24,25)12-18(17)22(20(21)23)16-6-4-5-7-19(16)26-3/h4-10,17-18H,11-12H2,1-3H3/t17-,18+/m1/s1. The van der Waals surface area contributed by atoms with Crippen molar-refractivity contribution in [3.8, 4) is 5.75 Å². The second-order valence-electron chi connectivity index (χ2n) is 7.17. The fraction of sp³-hybridized carbons (Fsp3) is 0.350. The molecule has 2 saturated heterocycles. The lowest BCUT2D eigenvalue weighted by molar-refractivity contribution is 0.255. The number of methoxy groups -OCH3 is 1. The van der Waals surface area contributed by atoms with Gasteiger partial charge in [-0.15, -0.1) is 0 Å². The average molecular weight is 386 g/mol. The van der Waals surface area contributed by atoms with E-state index in [-0.39, 0.29) is 17.5 Å². The van der Waals surface area contributed by atoms with E-state index in [9.17, 15) is 13.2 Å². The summed E-state index contributed by atoms with van der Waals surface area (Å²) < 4.78 is 30.2. The molecular weight excluding hydrogens is 364 g/mol. The van der Waals surface area contributed by atoms with E-state index in [1.807, 2.05) is 44.2 Å². The van der Waals surface area contributed by atoms with Gasteiger partial charge in [0, 0.05) is 5.69 Å². The molecule has 2 aliphatic rings. The third kappa shape index (κ3) is 2.86. The van der Waals surface area contributed by atoms with Crippen molar-refractivity contribution in [3.63, 3.8) is 0 Å². The molecule has 0 N–H and O–H groups in total. The Morgan fingerprint density at radius 1 is 0.963 bits per heavy atom. The molecule has 2 heterocycles. The minimum Gasteiger partial charge on any atom is -0.495 e. The monoisotopic (exact) mass is 386 g/mol. The van der Waals surface area contributed by atoms with Gasteiger partial charge >= 0.3 is 6.03 Å². The van der Waals surface area contributed by atoms with Gasteiger partial charge in [0.15, 0.2) is 9.84 Å². The van der Waals surface area contributed by atoms with Gasteiger partial charge in [-0.3, -0.25) is 9.80 Å². The third-order valence-corrected chi connectivity index (χ3v) is 7.18. The zero-order valence-electron chi connectivity index (χ0n) is 15.5. The molecule has 2 aliphatic heterocycles. The molecule has 0 aromatic heterocycles. The number of para-hydroxylation sites is 2. The molecule has 0 spiro atoms. The molecule has 7 heteroatoms. The summed E-state index contributed by atoms with van der Waals surface area (Å²) in [4.78, 5) is 16.6. The van der Waals surface area contributed by atoms with E-state index in [4.69, 9.17) is 4.74 Å². The first-order chi connectivity index (χ1) is 12.8. The van der Waals surface area contributed by atoms with Gasteiger partial charge < -0.3 is 4.74 Å². The van der Waals surface area contributed by atoms with Crippen LogP contribution in [0.15, 0.2) is 42.5 Å². The average Bonchev–Trinajstić information content (AvgIpc) is 3.06. The summed E-state index contributed by atoms with van der Waals surface area (Å²) >= 11 is 0. The second kappa shape index (κ2) is 6.27. The quantitative estimate of drug-likeness (QED) is 0.761. The van der Waals surface area contributed by atoms with E-state index in [1.165, 1.54) is 0 Å². The van der Waals surface area contributed by atoms with Crippen LogP contribution in [-0.2, 0) is 9.84 Å². The lowest BCUT2D eigenvalue weighted by atomic mass is 10.1. The molecule has 2 fully saturated rings. The highest BCUT2D eigenvalue weighted by molar-refractivity contribution is 7.91. The normalized spacial score (nSPS) is 23.6. The van der Waals surface area contributed by atoms with E-state index in [0.717, 1.165) is 16.8 Å². The van der Waals surface area contributed by atoms with Gasteiger partial charge in [0.25, 0.3) is 0 Å². The number of nitrogens with zero attached hydrogens (tertiary/aromatic N) is 2. The van der Waals surface area contributed by atoms with Gasteiger partial charge in [-0.25, -0.2) is 13.2 Å². The summed E-state index contributed by atoms with van der Waals surface area (Å²) in [6.45, 7) is 4.00. The molecule has 27 heavy (non-hydrogen) atoms. The van der Waals surface area contributed by atoms with E-state index in [0.29, 0.717) is 11.4 Å². The van der Waals surface area contributed by atoms with Gasteiger partial charge in [0.2, 0.25) is 0 Å². The maximum absolute atomic E-state index is 13.4. The predicted octanol–water partition coefficient (Wildman–Crippen LogP) is 2.92. The van der Waals surface area contributed by atoms with Crippen LogP contribution in [0, 0.1) is 13.8 Å². The van der Waals surface area contributed by atoms with Crippen LogP contribution in [0.1, 0.15) is 11.1 Å². The maximum Gasteiger partial charge on any atom is 0.329 e. The van der Waals surface area contributed by atoms with Crippen LogP contribution in [0.4, 0.5) is 16.2 Å². The van der Waals surface area contributed by atoms with Gasteiger partial charge in [0.05, 0.1) is 36.4 Å². The van der Waals surface area contributed by atoms with Gasteiger partial charge in [-0.1, -0.05) is 18.2 Å². The number of anilines is 2. The molecule has 0 aliphatic carbocycles. The lowest BCUT2D eigenvalue weighted by Crippen LogP contribution is -2.38. The number of benzene rings is 2. The fourth-order valence-corrected chi connectivity index (χ4v) is 5.91. The molecular formula is C20H22N2O4S. The van der Waals surface area contributed by atoms with Crippen molar-refractivity contribution in [2.45, 2.75) is 25.9 Å². The van der Waals surface area contributed by atoms with Crippen molar-refractivity contribution in [1.82, 2.24) is 0 Å². The first-order valence-electron chi connectivity index (χ1n) is 8.85. The van der Waals surface area contributed by atoms with Crippen molar-refractivity contribution in [3.05, 3.63) is 53.6 Å². The number of carbonyl (C=O) groups excluding carboxylic acids is 1. The Hall–Kier alpha value is -2.54. The minimum absolute atomic E-state index is 0.0258. The largest absolute Gasteiger partial charge is 0.495 e. The number of urea groups is 1. The molecule has 6 nitrogen and oxygen atoms in total. The zero-order chi connectivity index (χ0) is 19.3. The number of carbonyl (C=O) groups is 1. The van der Waals surface area contributed by atoms with Crippen molar-refractivity contribution in [1.29, 1.82) is 0 Å². The van der Waals surface area contributed by atoms with Crippen LogP contribution >= 0.6 is 0 Å². The molecule has 2 aromatic rings. The molecule has 0 bridgehead atoms. The molecule has 4 rings (SSSR count). The number of fused-ring (bicyclic) bond motifs is 1. The zero-order valence-corrected chi connectivity index (χ0v) is 16.4. The van der Waals surface area contributed by atoms with Crippen LogP contribution in [0.2, 0.25) is 0 Å². The Kier molecular flexibility index (Phi) is 4.14. The Morgan fingerprint density at radius 3 is 2.30 bits per heavy atom. The van der Waals surface area contributed by atoms with Crippen molar-refractivity contribution < 1.29 is 17.9 Å². The molecule has 2 aromatic carbocycles. The van der Waals surface area contributed by atoms with Crippen LogP contribution in [0.5, 0.6) is 5.75 Å². The molecule has 0 radical (unpaired) electrons. The molecule has 0 unspecified atom stereocenters. The molecule has 142 valence electrons. The van der Waals surface area contributed by atoms with Crippen LogP contribution in [0.25, 0.3) is 0 Å². The lowest BCUT2D eigenvalue weighted by Gasteiger charge is -2.24. The summed E-state index contributed by atoms with van der Waals surface area (Å²) in [6, 6.07) is 12.0. The highest BCUT2D eigenvalue weighted by atomic mass is 32.2. The van der Waals surface area contributed by atoms with Crippen molar-refractivity contribution >= 4 is 27.2 Å². The Bertz CT molecular complexity index is 1020. The summed E-state index contributed by atoms with van der Waals surface area (Å²) in [7, 11) is -1.68. The molecule has 2 atom stereocenters. The van der Waals surface area contributed by atoms with Gasteiger partial charge in [-0.2, -0.15) is 0 Å². The van der Waals surface area contributed by atoms with Crippen LogP contribution in [-0.4, -0.2) is 45.1 Å². The smallest absolute Gasteiger partial charge is 0.329 e. The van der Waals surface area contributed by atoms with E-state index in [2.05, 4.69) is 0 Å². The van der Waals surface area contributed by atoms with E-state index in [1.54, 1.807) is 29.0 Å². The summed E-state index contributed by atoms with van der Waals surface area (Å²) in [6.07, 6.45) is 0. The summed E-state index contributed by atoms with van der Waals surface area (Å²) in [5, 5.41) is 0. The Morgan fingerprint density at radius 2 is 1.63 bits per heavy atom. The van der Waals surface area contributed by atoms with Gasteiger partial charge in [0.1, 0.15) is 5.75 Å². The number of hydrogen-bond acceptors (Lipinski definition) is 4. The minimum atomic E-state index is -3.22. The summed E-state index contributed by atoms with van der Waals surface area (Å²) in [5.41, 5.74) is 3.52. The SMILES string of the molecule is COc1ccccc1N1C(=O)N(c2ccc(C)c(C)c2)[C@@H]2CS(=O)(=O)C[C@@H]21. The number of amides is 2. The number of hydrogen-bond donors (Lipinski definition) is 0.